The number of dihydropyridines is 1. The van der Waals surface area contributed by atoms with E-state index in [0.717, 1.165) is 15.7 Å². The van der Waals surface area contributed by atoms with Gasteiger partial charge in [-0.3, -0.25) is 4.99 Å². The van der Waals surface area contributed by atoms with Gasteiger partial charge in [-0.05, 0) is 62.2 Å². The van der Waals surface area contributed by atoms with Crippen molar-refractivity contribution in [3.63, 3.8) is 0 Å². The monoisotopic (exact) mass is 483 g/mol. The van der Waals surface area contributed by atoms with Crippen LogP contribution in [0.2, 0.25) is 0 Å². The Morgan fingerprint density at radius 3 is 2.82 bits per heavy atom. The summed E-state index contributed by atoms with van der Waals surface area (Å²) < 4.78 is 32.9. The van der Waals surface area contributed by atoms with E-state index in [1.165, 1.54) is 13.1 Å². The zero-order valence-corrected chi connectivity index (χ0v) is 20.2. The van der Waals surface area contributed by atoms with E-state index >= 15 is 0 Å². The summed E-state index contributed by atoms with van der Waals surface area (Å²) in [7, 11) is -2.29. The van der Waals surface area contributed by atoms with Gasteiger partial charge in [-0.15, -0.1) is 0 Å². The van der Waals surface area contributed by atoms with Crippen LogP contribution in [0.4, 0.5) is 5.82 Å². The van der Waals surface area contributed by atoms with Crippen molar-refractivity contribution in [1.29, 1.82) is 0 Å². The molecule has 2 aliphatic rings. The van der Waals surface area contributed by atoms with Gasteiger partial charge in [-0.25, -0.2) is 18.4 Å². The van der Waals surface area contributed by atoms with Crippen LogP contribution in [0.5, 0.6) is 0 Å². The molecule has 0 fully saturated rings. The van der Waals surface area contributed by atoms with Gasteiger partial charge in [0.25, 0.3) is 0 Å². The zero-order valence-electron chi connectivity index (χ0n) is 19.4. The Kier molecular flexibility index (Phi) is 7.11. The number of pyridine rings is 1. The molecule has 34 heavy (non-hydrogen) atoms. The van der Waals surface area contributed by atoms with E-state index in [1.807, 2.05) is 38.1 Å². The van der Waals surface area contributed by atoms with Crippen LogP contribution in [-0.2, 0) is 14.8 Å². The van der Waals surface area contributed by atoms with Gasteiger partial charge < -0.3 is 15.2 Å². The maximum atomic E-state index is 12.8. The number of aryl methyl sites for hydroxylation is 1. The number of anilines is 1. The lowest BCUT2D eigenvalue weighted by Gasteiger charge is -2.24. The molecule has 0 saturated heterocycles. The Bertz CT molecular complexity index is 1240. The molecular weight excluding hydrogens is 454 g/mol. The molecule has 3 atom stereocenters. The SMILES string of the molecule is Cc1ccnc(NC2=NC(C3OC(c4cccc(S(=O)(=O)N(C)CCO)c4)=NC3C)CC=C2)c1. The van der Waals surface area contributed by atoms with Crippen molar-refractivity contribution in [2.75, 3.05) is 25.5 Å². The van der Waals surface area contributed by atoms with Crippen LogP contribution in [-0.4, -0.2) is 72.9 Å². The minimum atomic E-state index is -3.72. The molecule has 2 N–H and O–H groups in total. The van der Waals surface area contributed by atoms with Crippen molar-refractivity contribution in [3.8, 4) is 0 Å². The molecule has 10 heteroatoms. The number of benzene rings is 1. The molecule has 9 nitrogen and oxygen atoms in total. The quantitative estimate of drug-likeness (QED) is 0.625. The number of rotatable bonds is 7. The lowest BCUT2D eigenvalue weighted by molar-refractivity contribution is 0.167. The van der Waals surface area contributed by atoms with Crippen molar-refractivity contribution < 1.29 is 18.3 Å². The normalized spacial score (nSPS) is 22.3. The van der Waals surface area contributed by atoms with E-state index in [-0.39, 0.29) is 36.2 Å². The van der Waals surface area contributed by atoms with Crippen molar-refractivity contribution in [1.82, 2.24) is 9.29 Å². The van der Waals surface area contributed by atoms with Crippen molar-refractivity contribution in [3.05, 3.63) is 65.9 Å². The molecule has 0 amide bonds. The number of sulfonamides is 1. The highest BCUT2D eigenvalue weighted by atomic mass is 32.2. The van der Waals surface area contributed by atoms with Crippen LogP contribution in [0.15, 0.2) is 69.6 Å². The first-order valence-corrected chi connectivity index (χ1v) is 12.6. The third kappa shape index (κ3) is 5.19. The number of hydrogen-bond acceptors (Lipinski definition) is 8. The minimum Gasteiger partial charge on any atom is -0.470 e. The van der Waals surface area contributed by atoms with Crippen LogP contribution in [0, 0.1) is 6.92 Å². The highest BCUT2D eigenvalue weighted by molar-refractivity contribution is 7.89. The summed E-state index contributed by atoms with van der Waals surface area (Å²) >= 11 is 0. The topological polar surface area (TPSA) is 116 Å². The molecule has 2 aromatic rings. The van der Waals surface area contributed by atoms with Gasteiger partial charge >= 0.3 is 0 Å². The summed E-state index contributed by atoms with van der Waals surface area (Å²) in [6.45, 7) is 3.74. The summed E-state index contributed by atoms with van der Waals surface area (Å²) in [6, 6.07) is 10.1. The molecule has 0 radical (unpaired) electrons. The lowest BCUT2D eigenvalue weighted by Crippen LogP contribution is -2.35. The Labute approximate surface area is 200 Å². The van der Waals surface area contributed by atoms with Crippen molar-refractivity contribution in [2.45, 2.75) is 43.4 Å². The molecule has 0 aliphatic carbocycles. The smallest absolute Gasteiger partial charge is 0.242 e. The number of amidine groups is 1. The average molecular weight is 484 g/mol. The largest absolute Gasteiger partial charge is 0.470 e. The fourth-order valence-electron chi connectivity index (χ4n) is 3.90. The Balaban J connectivity index is 1.50. The first kappa shape index (κ1) is 24.1. The third-order valence-electron chi connectivity index (χ3n) is 5.76. The van der Waals surface area contributed by atoms with E-state index in [9.17, 15) is 8.42 Å². The summed E-state index contributed by atoms with van der Waals surface area (Å²) in [6.07, 6.45) is 6.16. The molecule has 0 bridgehead atoms. The number of ether oxygens (including phenoxy) is 1. The van der Waals surface area contributed by atoms with Crippen LogP contribution in [0.1, 0.15) is 24.5 Å². The predicted octanol–water partition coefficient (Wildman–Crippen LogP) is 2.38. The first-order valence-electron chi connectivity index (χ1n) is 11.1. The Morgan fingerprint density at radius 1 is 1.24 bits per heavy atom. The van der Waals surface area contributed by atoms with Crippen LogP contribution in [0.3, 0.4) is 0 Å². The highest BCUT2D eigenvalue weighted by Gasteiger charge is 2.36. The number of likely N-dealkylation sites (N-methyl/N-ethyl adjacent to an activating group) is 1. The predicted molar refractivity (Wildman–Crippen MR) is 132 cm³/mol. The van der Waals surface area contributed by atoms with Gasteiger partial charge in [-0.2, -0.15) is 4.31 Å². The van der Waals surface area contributed by atoms with Gasteiger partial charge in [0, 0.05) is 25.4 Å². The van der Waals surface area contributed by atoms with Gasteiger partial charge in [-0.1, -0.05) is 12.1 Å². The van der Waals surface area contributed by atoms with E-state index in [2.05, 4.69) is 15.3 Å². The van der Waals surface area contributed by atoms with Gasteiger partial charge in [0.05, 0.1) is 23.6 Å². The van der Waals surface area contributed by atoms with Gasteiger partial charge in [0.2, 0.25) is 15.9 Å². The minimum absolute atomic E-state index is 0.0186. The second kappa shape index (κ2) is 10.0. The van der Waals surface area contributed by atoms with E-state index in [4.69, 9.17) is 14.8 Å². The van der Waals surface area contributed by atoms with E-state index < -0.39 is 10.0 Å². The Hall–Kier alpha value is -3.08. The standard InChI is InChI=1S/C24H29N5O4S/c1-16-10-11-25-22(14-16)28-21-9-5-8-20(27-21)23-17(2)26-24(33-23)18-6-4-7-19(15-18)34(31,32)29(3)12-13-30/h4-7,9-11,14-15,17,20,23,30H,8,12-13H2,1-3H3,(H,25,27,28). The molecule has 0 saturated carbocycles. The number of aliphatic hydroxyl groups is 1. The summed E-state index contributed by atoms with van der Waals surface area (Å²) in [5.74, 6) is 1.84. The molecule has 1 aromatic heterocycles. The lowest BCUT2D eigenvalue weighted by atomic mass is 10.0. The highest BCUT2D eigenvalue weighted by Crippen LogP contribution is 2.27. The number of nitrogens with one attached hydrogen (secondary N) is 1. The van der Waals surface area contributed by atoms with E-state index in [1.54, 1.807) is 24.4 Å². The molecule has 1 aromatic carbocycles. The maximum absolute atomic E-state index is 12.8. The third-order valence-corrected chi connectivity index (χ3v) is 7.61. The van der Waals surface area contributed by atoms with Gasteiger partial charge in [0.1, 0.15) is 17.8 Å². The van der Waals surface area contributed by atoms with Gasteiger partial charge in [0.15, 0.2) is 0 Å². The maximum Gasteiger partial charge on any atom is 0.242 e. The molecule has 180 valence electrons. The number of nitrogens with zero attached hydrogens (tertiary/aromatic N) is 4. The van der Waals surface area contributed by atoms with Crippen LogP contribution in [0.25, 0.3) is 0 Å². The molecule has 2 aliphatic heterocycles. The molecule has 3 unspecified atom stereocenters. The number of aliphatic imine (C=N–C) groups is 2. The number of aliphatic hydroxyl groups excluding tert-OH is 1. The number of hydrogen-bond donors (Lipinski definition) is 2. The van der Waals surface area contributed by atoms with Crippen LogP contribution >= 0.6 is 0 Å². The van der Waals surface area contributed by atoms with Crippen molar-refractivity contribution in [2.24, 2.45) is 9.98 Å². The first-order chi connectivity index (χ1) is 16.3. The van der Waals surface area contributed by atoms with Crippen LogP contribution < -0.4 is 5.32 Å². The molecular formula is C24H29N5O4S. The van der Waals surface area contributed by atoms with E-state index in [0.29, 0.717) is 23.7 Å². The van der Waals surface area contributed by atoms with Crippen molar-refractivity contribution >= 4 is 27.6 Å². The molecule has 3 heterocycles. The number of aromatic nitrogens is 1. The fraction of sp³-hybridized carbons (Fsp3) is 0.375. The molecule has 0 spiro atoms. The average Bonchev–Trinajstić information content (AvgIpc) is 3.21. The molecule has 4 rings (SSSR count). The summed E-state index contributed by atoms with van der Waals surface area (Å²) in [4.78, 5) is 13.9. The zero-order chi connectivity index (χ0) is 24.3. The second-order valence-corrected chi connectivity index (χ2v) is 10.4. The summed E-state index contributed by atoms with van der Waals surface area (Å²) in [5.41, 5.74) is 1.69. The summed E-state index contributed by atoms with van der Waals surface area (Å²) in [5, 5.41) is 12.3. The second-order valence-electron chi connectivity index (χ2n) is 8.40. The fourth-order valence-corrected chi connectivity index (χ4v) is 5.11. The Morgan fingerprint density at radius 2 is 2.06 bits per heavy atom.